The minimum Gasteiger partial charge on any atom is -0.458 e. The molecule has 1 aromatic heterocycles. The molecule has 0 aliphatic carbocycles. The minimum absolute atomic E-state index is 0.0975. The number of aromatic nitrogens is 2. The molecular weight excluding hydrogens is 540 g/mol. The molecule has 12 heteroatoms. The Kier molecular flexibility index (Phi) is 9.64. The van der Waals surface area contributed by atoms with Crippen LogP contribution in [0.3, 0.4) is 0 Å². The third-order valence-electron chi connectivity index (χ3n) is 7.03. The van der Waals surface area contributed by atoms with Crippen LogP contribution in [0.1, 0.15) is 65.9 Å². The maximum absolute atomic E-state index is 13.5. The molecule has 42 heavy (non-hydrogen) atoms. The van der Waals surface area contributed by atoms with Crippen LogP contribution < -0.4 is 19.9 Å². The highest BCUT2D eigenvalue weighted by atomic mass is 16.6. The highest BCUT2D eigenvalue weighted by Gasteiger charge is 2.35. The predicted molar refractivity (Wildman–Crippen MR) is 158 cm³/mol. The van der Waals surface area contributed by atoms with Crippen molar-refractivity contribution < 1.29 is 28.7 Å². The molecule has 0 saturated carbocycles. The quantitative estimate of drug-likeness (QED) is 0.325. The zero-order valence-corrected chi connectivity index (χ0v) is 25.0. The molecule has 2 aliphatic heterocycles. The maximum Gasteiger partial charge on any atom is 0.415 e. The first-order chi connectivity index (χ1) is 20.0. The Morgan fingerprint density at radius 2 is 1.64 bits per heavy atom. The van der Waals surface area contributed by atoms with Gasteiger partial charge in [0.2, 0.25) is 17.8 Å². The lowest BCUT2D eigenvalue weighted by Gasteiger charge is -2.27. The van der Waals surface area contributed by atoms with Crippen molar-refractivity contribution in [2.45, 2.75) is 78.4 Å². The number of amides is 3. The number of benzene rings is 1. The lowest BCUT2D eigenvalue weighted by Crippen LogP contribution is -2.39. The van der Waals surface area contributed by atoms with Gasteiger partial charge in [-0.15, -0.1) is 0 Å². The van der Waals surface area contributed by atoms with E-state index in [0.29, 0.717) is 37.9 Å². The van der Waals surface area contributed by atoms with Crippen LogP contribution in [0.15, 0.2) is 30.5 Å². The SMILES string of the molecule is CCN(CC)c1ncc(N2C(=O)CCC2=O)c(N[C@@H](Cc2ccc(OC(=O)N3CCCC3)cc2)C(=O)OC(C)(C)C)n1. The van der Waals surface area contributed by atoms with Crippen LogP contribution in [-0.4, -0.2) is 76.6 Å². The summed E-state index contributed by atoms with van der Waals surface area (Å²) in [4.78, 5) is 64.9. The van der Waals surface area contributed by atoms with Gasteiger partial charge in [-0.3, -0.25) is 9.59 Å². The van der Waals surface area contributed by atoms with Gasteiger partial charge in [0.1, 0.15) is 23.1 Å². The fourth-order valence-corrected chi connectivity index (χ4v) is 4.87. The van der Waals surface area contributed by atoms with Crippen LogP contribution in [0.5, 0.6) is 5.75 Å². The number of esters is 1. The van der Waals surface area contributed by atoms with Crippen LogP contribution in [0.4, 0.5) is 22.2 Å². The van der Waals surface area contributed by atoms with E-state index >= 15 is 0 Å². The van der Waals surface area contributed by atoms with Gasteiger partial charge in [-0.05, 0) is 65.2 Å². The van der Waals surface area contributed by atoms with Crippen LogP contribution in [0.2, 0.25) is 0 Å². The minimum atomic E-state index is -0.923. The van der Waals surface area contributed by atoms with Crippen molar-refractivity contribution in [1.29, 1.82) is 0 Å². The molecule has 0 unspecified atom stereocenters. The van der Waals surface area contributed by atoms with Crippen molar-refractivity contribution in [1.82, 2.24) is 14.9 Å². The number of hydrogen-bond donors (Lipinski definition) is 1. The Labute approximate surface area is 246 Å². The lowest BCUT2D eigenvalue weighted by molar-refractivity contribution is -0.155. The molecule has 12 nitrogen and oxygen atoms in total. The predicted octanol–water partition coefficient (Wildman–Crippen LogP) is 3.94. The maximum atomic E-state index is 13.5. The molecule has 3 heterocycles. The van der Waals surface area contributed by atoms with Crippen LogP contribution >= 0.6 is 0 Å². The van der Waals surface area contributed by atoms with E-state index in [0.717, 1.165) is 23.3 Å². The van der Waals surface area contributed by atoms with Gasteiger partial charge in [-0.2, -0.15) is 4.98 Å². The van der Waals surface area contributed by atoms with Crippen molar-refractivity contribution in [2.75, 3.05) is 41.3 Å². The van der Waals surface area contributed by atoms with Gasteiger partial charge in [0.25, 0.3) is 0 Å². The Morgan fingerprint density at radius 1 is 1.02 bits per heavy atom. The summed E-state index contributed by atoms with van der Waals surface area (Å²) in [6.45, 7) is 11.9. The average molecular weight is 581 g/mol. The smallest absolute Gasteiger partial charge is 0.415 e. The van der Waals surface area contributed by atoms with E-state index < -0.39 is 17.6 Å². The summed E-state index contributed by atoms with van der Waals surface area (Å²) < 4.78 is 11.2. The first-order valence-corrected chi connectivity index (χ1v) is 14.5. The Hall–Kier alpha value is -4.22. The first kappa shape index (κ1) is 30.7. The molecule has 1 N–H and O–H groups in total. The number of likely N-dealkylation sites (tertiary alicyclic amines) is 1. The third kappa shape index (κ3) is 7.54. The van der Waals surface area contributed by atoms with Crippen molar-refractivity contribution in [2.24, 2.45) is 0 Å². The van der Waals surface area contributed by atoms with Gasteiger partial charge in [0, 0.05) is 45.4 Å². The summed E-state index contributed by atoms with van der Waals surface area (Å²) in [5, 5.41) is 3.17. The number of carbonyl (C=O) groups excluding carboxylic acids is 4. The van der Waals surface area contributed by atoms with Crippen LogP contribution in [0, 0.1) is 0 Å². The summed E-state index contributed by atoms with van der Waals surface area (Å²) in [5.74, 6) is -0.240. The lowest BCUT2D eigenvalue weighted by atomic mass is 10.0. The van der Waals surface area contributed by atoms with Crippen LogP contribution in [0.25, 0.3) is 0 Å². The number of nitrogens with zero attached hydrogens (tertiary/aromatic N) is 5. The summed E-state index contributed by atoms with van der Waals surface area (Å²) in [6.07, 6.45) is 3.40. The molecule has 1 atom stereocenters. The summed E-state index contributed by atoms with van der Waals surface area (Å²) in [6, 6.07) is 6.01. The van der Waals surface area contributed by atoms with Gasteiger partial charge < -0.3 is 24.6 Å². The molecule has 2 saturated heterocycles. The molecule has 1 aromatic carbocycles. The number of ether oxygens (including phenoxy) is 2. The molecular formula is C30H40N6O6. The second-order valence-electron chi connectivity index (χ2n) is 11.3. The Morgan fingerprint density at radius 3 is 2.21 bits per heavy atom. The van der Waals surface area contributed by atoms with E-state index in [-0.39, 0.29) is 48.7 Å². The third-order valence-corrected chi connectivity index (χ3v) is 7.03. The second-order valence-corrected chi connectivity index (χ2v) is 11.3. The van der Waals surface area contributed by atoms with Gasteiger partial charge in [0.15, 0.2) is 5.82 Å². The van der Waals surface area contributed by atoms with Crippen molar-refractivity contribution in [3.8, 4) is 5.75 Å². The molecule has 4 rings (SSSR count). The molecule has 3 amide bonds. The summed E-state index contributed by atoms with van der Waals surface area (Å²) >= 11 is 0. The number of nitrogens with one attached hydrogen (secondary N) is 1. The number of carbonyl (C=O) groups is 4. The fraction of sp³-hybridized carbons (Fsp3) is 0.533. The monoisotopic (exact) mass is 580 g/mol. The van der Waals surface area contributed by atoms with Crippen molar-refractivity contribution in [3.63, 3.8) is 0 Å². The summed E-state index contributed by atoms with van der Waals surface area (Å²) in [7, 11) is 0. The standard InChI is InChI=1S/C30H40N6O6/c1-6-34(7-2)28-31-19-23(36-24(37)14-15-25(36)38)26(33-28)32-22(27(39)42-30(3,4)5)18-20-10-12-21(13-11-20)41-29(40)35-16-8-9-17-35/h10-13,19,22H,6-9,14-18H2,1-5H3,(H,31,32,33)/t22-/m0/s1. The van der Waals surface area contributed by atoms with E-state index in [1.807, 2.05) is 18.7 Å². The zero-order chi connectivity index (χ0) is 30.4. The van der Waals surface area contributed by atoms with Gasteiger partial charge in [-0.1, -0.05) is 12.1 Å². The molecule has 0 radical (unpaired) electrons. The number of hydrogen-bond acceptors (Lipinski definition) is 10. The summed E-state index contributed by atoms with van der Waals surface area (Å²) in [5.41, 5.74) is 0.204. The van der Waals surface area contributed by atoms with Crippen molar-refractivity contribution >= 4 is 41.3 Å². The first-order valence-electron chi connectivity index (χ1n) is 14.5. The van der Waals surface area contributed by atoms with Gasteiger partial charge >= 0.3 is 12.1 Å². The Balaban J connectivity index is 1.63. The fourth-order valence-electron chi connectivity index (χ4n) is 4.87. The highest BCUT2D eigenvalue weighted by Crippen LogP contribution is 2.31. The normalized spacial score (nSPS) is 16.0. The topological polar surface area (TPSA) is 134 Å². The van der Waals surface area contributed by atoms with Gasteiger partial charge in [-0.25, -0.2) is 19.5 Å². The van der Waals surface area contributed by atoms with E-state index in [9.17, 15) is 19.2 Å². The van der Waals surface area contributed by atoms with E-state index in [2.05, 4.69) is 15.3 Å². The molecule has 0 bridgehead atoms. The van der Waals surface area contributed by atoms with E-state index in [1.165, 1.54) is 6.20 Å². The molecule has 2 aliphatic rings. The average Bonchev–Trinajstić information content (AvgIpc) is 3.59. The van der Waals surface area contributed by atoms with Crippen molar-refractivity contribution in [3.05, 3.63) is 36.0 Å². The number of rotatable bonds is 10. The van der Waals surface area contributed by atoms with Crippen LogP contribution in [-0.2, 0) is 25.5 Å². The number of imide groups is 1. The highest BCUT2D eigenvalue weighted by molar-refractivity contribution is 6.21. The van der Waals surface area contributed by atoms with Gasteiger partial charge in [0.05, 0.1) is 6.20 Å². The van der Waals surface area contributed by atoms with E-state index in [1.54, 1.807) is 49.9 Å². The largest absolute Gasteiger partial charge is 0.458 e. The molecule has 0 spiro atoms. The number of anilines is 3. The van der Waals surface area contributed by atoms with E-state index in [4.69, 9.17) is 9.47 Å². The second kappa shape index (κ2) is 13.2. The molecule has 2 fully saturated rings. The molecule has 2 aromatic rings. The Bertz CT molecular complexity index is 1280. The zero-order valence-electron chi connectivity index (χ0n) is 25.0. The molecule has 226 valence electrons.